The minimum atomic E-state index is -0.666. The summed E-state index contributed by atoms with van der Waals surface area (Å²) in [6.45, 7) is 1.88. The second kappa shape index (κ2) is 5.67. The summed E-state index contributed by atoms with van der Waals surface area (Å²) in [5.74, 6) is -0.666. The minimum absolute atomic E-state index is 0.0315. The predicted molar refractivity (Wildman–Crippen MR) is 69.9 cm³/mol. The number of esters is 1. The van der Waals surface area contributed by atoms with Crippen LogP contribution in [0.15, 0.2) is 30.3 Å². The van der Waals surface area contributed by atoms with Crippen molar-refractivity contribution in [3.63, 3.8) is 0 Å². The van der Waals surface area contributed by atoms with Crippen molar-refractivity contribution in [2.24, 2.45) is 0 Å². The van der Waals surface area contributed by atoms with Crippen LogP contribution < -0.4 is 0 Å². The van der Waals surface area contributed by atoms with Crippen LogP contribution in [0.25, 0.3) is 5.69 Å². The van der Waals surface area contributed by atoms with Gasteiger partial charge in [0.25, 0.3) is 0 Å². The molecule has 1 heterocycles. The Morgan fingerprint density at radius 2 is 2.11 bits per heavy atom. The molecule has 0 aliphatic carbocycles. The Morgan fingerprint density at radius 3 is 2.68 bits per heavy atom. The Hall–Kier alpha value is -2.14. The summed E-state index contributed by atoms with van der Waals surface area (Å²) in [4.78, 5) is 22.8. The van der Waals surface area contributed by atoms with Gasteiger partial charge in [0.05, 0.1) is 17.9 Å². The number of ether oxygens (including phenoxy) is 1. The van der Waals surface area contributed by atoms with Gasteiger partial charge in [-0.3, -0.25) is 4.79 Å². The van der Waals surface area contributed by atoms with E-state index in [9.17, 15) is 9.59 Å². The summed E-state index contributed by atoms with van der Waals surface area (Å²) in [6, 6.07) is 8.98. The first-order chi connectivity index (χ1) is 9.19. The largest absolute Gasteiger partial charge is 0.461 e. The highest BCUT2D eigenvalue weighted by atomic mass is 35.5. The van der Waals surface area contributed by atoms with Gasteiger partial charge in [-0.15, -0.1) is 0 Å². The highest BCUT2D eigenvalue weighted by Crippen LogP contribution is 2.22. The molecular weight excluding hydrogens is 268 g/mol. The van der Waals surface area contributed by atoms with Crippen molar-refractivity contribution in [3.05, 3.63) is 46.7 Å². The molecule has 0 fully saturated rings. The topological polar surface area (TPSA) is 61.2 Å². The predicted octanol–water partition coefficient (Wildman–Crippen LogP) is 2.51. The molecule has 0 unspecified atom stereocenters. The van der Waals surface area contributed by atoms with E-state index < -0.39 is 5.97 Å². The Balaban J connectivity index is 2.53. The molecule has 5 nitrogen and oxygen atoms in total. The quantitative estimate of drug-likeness (QED) is 0.637. The van der Waals surface area contributed by atoms with Crippen LogP contribution in [-0.2, 0) is 4.74 Å². The Labute approximate surface area is 114 Å². The molecule has 98 valence electrons. The van der Waals surface area contributed by atoms with Crippen molar-refractivity contribution in [2.45, 2.75) is 6.92 Å². The van der Waals surface area contributed by atoms with Crippen LogP contribution >= 0.6 is 11.6 Å². The number of hydrogen-bond acceptors (Lipinski definition) is 4. The maximum Gasteiger partial charge on any atom is 0.359 e. The number of benzene rings is 1. The summed E-state index contributed by atoms with van der Waals surface area (Å²) >= 11 is 6.07. The Morgan fingerprint density at radius 1 is 1.42 bits per heavy atom. The van der Waals surface area contributed by atoms with Gasteiger partial charge in [0.2, 0.25) is 0 Å². The van der Waals surface area contributed by atoms with Crippen molar-refractivity contribution < 1.29 is 14.3 Å². The van der Waals surface area contributed by atoms with Gasteiger partial charge in [0.15, 0.2) is 12.0 Å². The summed E-state index contributed by atoms with van der Waals surface area (Å²) in [5, 5.41) is 4.14. The highest BCUT2D eigenvalue weighted by molar-refractivity contribution is 6.33. The smallest absolute Gasteiger partial charge is 0.359 e. The summed E-state index contributed by atoms with van der Waals surface area (Å²) in [7, 11) is 0. The van der Waals surface area contributed by atoms with Gasteiger partial charge in [-0.1, -0.05) is 29.8 Å². The van der Waals surface area contributed by atoms with Crippen molar-refractivity contribution >= 4 is 23.9 Å². The molecule has 19 heavy (non-hydrogen) atoms. The van der Waals surface area contributed by atoms with Crippen LogP contribution in [0.2, 0.25) is 5.15 Å². The van der Waals surface area contributed by atoms with Gasteiger partial charge in [-0.25, -0.2) is 9.48 Å². The number of aromatic nitrogens is 2. The number of rotatable bonds is 4. The molecule has 1 aromatic heterocycles. The molecule has 0 atom stereocenters. The maximum atomic E-state index is 11.7. The van der Waals surface area contributed by atoms with Crippen LogP contribution in [-0.4, -0.2) is 28.6 Å². The molecule has 0 N–H and O–H groups in total. The van der Waals surface area contributed by atoms with Gasteiger partial charge in [-0.05, 0) is 19.1 Å². The highest BCUT2D eigenvalue weighted by Gasteiger charge is 2.23. The van der Waals surface area contributed by atoms with Gasteiger partial charge in [0.1, 0.15) is 5.15 Å². The lowest BCUT2D eigenvalue weighted by molar-refractivity contribution is 0.0517. The summed E-state index contributed by atoms with van der Waals surface area (Å²) in [6.07, 6.45) is 0.501. The number of nitrogens with zero attached hydrogens (tertiary/aromatic N) is 2. The zero-order chi connectivity index (χ0) is 13.8. The molecule has 0 aliphatic heterocycles. The van der Waals surface area contributed by atoms with E-state index in [1.165, 1.54) is 4.68 Å². The van der Waals surface area contributed by atoms with Crippen molar-refractivity contribution in [3.8, 4) is 5.69 Å². The van der Waals surface area contributed by atoms with E-state index in [2.05, 4.69) is 5.10 Å². The first-order valence-electron chi connectivity index (χ1n) is 5.65. The first-order valence-corrected chi connectivity index (χ1v) is 6.03. The van der Waals surface area contributed by atoms with Crippen LogP contribution in [0.4, 0.5) is 0 Å². The van der Waals surface area contributed by atoms with E-state index in [1.807, 2.05) is 6.07 Å². The first kappa shape index (κ1) is 13.3. The molecule has 0 saturated carbocycles. The molecular formula is C13H11ClN2O3. The van der Waals surface area contributed by atoms with Crippen LogP contribution in [0, 0.1) is 0 Å². The fourth-order valence-electron chi connectivity index (χ4n) is 1.60. The molecule has 2 aromatic rings. The monoisotopic (exact) mass is 278 g/mol. The molecule has 6 heteroatoms. The van der Waals surface area contributed by atoms with Crippen molar-refractivity contribution in [1.29, 1.82) is 0 Å². The van der Waals surface area contributed by atoms with Gasteiger partial charge in [-0.2, -0.15) is 5.10 Å². The zero-order valence-corrected chi connectivity index (χ0v) is 10.9. The van der Waals surface area contributed by atoms with Crippen LogP contribution in [0.3, 0.4) is 0 Å². The SMILES string of the molecule is CCOC(=O)c1nn(-c2ccccc2)c(Cl)c1C=O. The van der Waals surface area contributed by atoms with Crippen molar-refractivity contribution in [1.82, 2.24) is 9.78 Å². The molecule has 1 aromatic carbocycles. The zero-order valence-electron chi connectivity index (χ0n) is 10.2. The van der Waals surface area contributed by atoms with E-state index in [0.717, 1.165) is 0 Å². The third kappa shape index (κ3) is 2.51. The van der Waals surface area contributed by atoms with Gasteiger partial charge in [0, 0.05) is 0 Å². The van der Waals surface area contributed by atoms with E-state index >= 15 is 0 Å². The maximum absolute atomic E-state index is 11.7. The average molecular weight is 279 g/mol. The molecule has 0 spiro atoms. The fraction of sp³-hybridized carbons (Fsp3) is 0.154. The number of para-hydroxylation sites is 1. The minimum Gasteiger partial charge on any atom is -0.461 e. The van der Waals surface area contributed by atoms with E-state index in [4.69, 9.17) is 16.3 Å². The van der Waals surface area contributed by atoms with Gasteiger partial charge < -0.3 is 4.74 Å². The van der Waals surface area contributed by atoms with Gasteiger partial charge >= 0.3 is 5.97 Å². The fourth-order valence-corrected chi connectivity index (χ4v) is 1.87. The number of carbonyl (C=O) groups is 2. The van der Waals surface area contributed by atoms with Crippen molar-refractivity contribution in [2.75, 3.05) is 6.61 Å². The molecule has 0 bridgehead atoms. The van der Waals surface area contributed by atoms with Crippen LogP contribution in [0.5, 0.6) is 0 Å². The Bertz CT molecular complexity index is 608. The second-order valence-electron chi connectivity index (χ2n) is 3.64. The average Bonchev–Trinajstić information content (AvgIpc) is 2.77. The standard InChI is InChI=1S/C13H11ClN2O3/c1-2-19-13(18)11-10(8-17)12(14)16(15-11)9-6-4-3-5-7-9/h3-8H,2H2,1H3. The number of halogens is 1. The molecule has 0 aliphatic rings. The summed E-state index contributed by atoms with van der Waals surface area (Å²) < 4.78 is 6.17. The lowest BCUT2D eigenvalue weighted by Crippen LogP contribution is -2.08. The lowest BCUT2D eigenvalue weighted by Gasteiger charge is -2.01. The number of hydrogen-bond donors (Lipinski definition) is 0. The van der Waals surface area contributed by atoms with Crippen LogP contribution in [0.1, 0.15) is 27.8 Å². The number of carbonyl (C=O) groups excluding carboxylic acids is 2. The molecule has 2 rings (SSSR count). The van der Waals surface area contributed by atoms with E-state index in [-0.39, 0.29) is 23.0 Å². The Kier molecular flexibility index (Phi) is 3.97. The third-order valence-electron chi connectivity index (χ3n) is 2.45. The van der Waals surface area contributed by atoms with E-state index in [0.29, 0.717) is 12.0 Å². The molecule has 0 saturated heterocycles. The normalized spacial score (nSPS) is 10.2. The number of aldehydes is 1. The lowest BCUT2D eigenvalue weighted by atomic mass is 10.3. The molecule has 0 amide bonds. The second-order valence-corrected chi connectivity index (χ2v) is 4.00. The third-order valence-corrected chi connectivity index (χ3v) is 2.81. The summed E-state index contributed by atoms with van der Waals surface area (Å²) in [5.41, 5.74) is 0.612. The molecule has 0 radical (unpaired) electrons. The van der Waals surface area contributed by atoms with E-state index in [1.54, 1.807) is 31.2 Å².